The van der Waals surface area contributed by atoms with E-state index in [0.29, 0.717) is 17.7 Å². The maximum Gasteiger partial charge on any atom is 0.115 e. The molecule has 0 amide bonds. The Morgan fingerprint density at radius 3 is 2.60 bits per heavy atom. The lowest BCUT2D eigenvalue weighted by atomic mass is 10.0. The van der Waals surface area contributed by atoms with Gasteiger partial charge >= 0.3 is 0 Å². The topological polar surface area (TPSA) is 32.3 Å². The molecular formula is C13H21NO. The van der Waals surface area contributed by atoms with E-state index in [2.05, 4.69) is 32.2 Å². The van der Waals surface area contributed by atoms with Crippen LogP contribution in [0.25, 0.3) is 0 Å². The van der Waals surface area contributed by atoms with E-state index in [9.17, 15) is 5.11 Å². The number of hydrogen-bond donors (Lipinski definition) is 2. The van der Waals surface area contributed by atoms with Gasteiger partial charge in [-0.05, 0) is 36.6 Å². The summed E-state index contributed by atoms with van der Waals surface area (Å²) < 4.78 is 0. The molecule has 84 valence electrons. The van der Waals surface area contributed by atoms with E-state index in [1.165, 1.54) is 5.56 Å². The number of nitrogens with one attached hydrogen (secondary N) is 1. The fraction of sp³-hybridized carbons (Fsp3) is 0.538. The fourth-order valence-corrected chi connectivity index (χ4v) is 1.59. The first kappa shape index (κ1) is 12.1. The molecule has 2 heteroatoms. The third-order valence-corrected chi connectivity index (χ3v) is 2.37. The van der Waals surface area contributed by atoms with E-state index in [1.807, 2.05) is 12.1 Å². The molecule has 0 fully saturated rings. The molecule has 2 nitrogen and oxygen atoms in total. The molecule has 0 bridgehead atoms. The second-order valence-corrected chi connectivity index (χ2v) is 4.54. The normalized spacial score (nSPS) is 13.1. The first-order valence-corrected chi connectivity index (χ1v) is 5.59. The summed E-state index contributed by atoms with van der Waals surface area (Å²) in [7, 11) is 0. The van der Waals surface area contributed by atoms with E-state index < -0.39 is 0 Å². The number of phenolic OH excluding ortho intramolecular Hbond substituents is 1. The Balaban J connectivity index is 2.40. The van der Waals surface area contributed by atoms with Crippen molar-refractivity contribution in [3.8, 4) is 5.75 Å². The van der Waals surface area contributed by atoms with Gasteiger partial charge in [-0.1, -0.05) is 32.9 Å². The van der Waals surface area contributed by atoms with Crippen LogP contribution < -0.4 is 5.32 Å². The standard InChI is InChI=1S/C13H21NO/c1-10(2)14-9-11(3)7-12-5-4-6-13(15)8-12/h4-6,8,10-11,14-15H,7,9H2,1-3H3. The van der Waals surface area contributed by atoms with Crippen molar-refractivity contribution in [2.75, 3.05) is 6.54 Å². The first-order chi connectivity index (χ1) is 7.08. The smallest absolute Gasteiger partial charge is 0.115 e. The van der Waals surface area contributed by atoms with Crippen molar-refractivity contribution in [3.63, 3.8) is 0 Å². The minimum absolute atomic E-state index is 0.358. The summed E-state index contributed by atoms with van der Waals surface area (Å²) in [5.74, 6) is 0.950. The van der Waals surface area contributed by atoms with Gasteiger partial charge < -0.3 is 10.4 Å². The van der Waals surface area contributed by atoms with E-state index in [1.54, 1.807) is 6.07 Å². The van der Waals surface area contributed by atoms with Crippen LogP contribution >= 0.6 is 0 Å². The van der Waals surface area contributed by atoms with Crippen LogP contribution in [-0.4, -0.2) is 17.7 Å². The molecule has 1 aromatic carbocycles. The van der Waals surface area contributed by atoms with Gasteiger partial charge in [0.2, 0.25) is 0 Å². The lowest BCUT2D eigenvalue weighted by Gasteiger charge is -2.14. The zero-order valence-electron chi connectivity index (χ0n) is 9.83. The molecule has 0 saturated heterocycles. The number of phenols is 1. The molecule has 1 unspecified atom stereocenters. The van der Waals surface area contributed by atoms with Crippen molar-refractivity contribution >= 4 is 0 Å². The van der Waals surface area contributed by atoms with E-state index in [0.717, 1.165) is 13.0 Å². The molecule has 0 spiro atoms. The molecule has 0 radical (unpaired) electrons. The SMILES string of the molecule is CC(CNC(C)C)Cc1cccc(O)c1. The predicted octanol–water partition coefficient (Wildman–Crippen LogP) is 2.57. The van der Waals surface area contributed by atoms with Gasteiger partial charge in [0.1, 0.15) is 5.75 Å². The van der Waals surface area contributed by atoms with Crippen LogP contribution in [0.1, 0.15) is 26.3 Å². The van der Waals surface area contributed by atoms with Crippen molar-refractivity contribution < 1.29 is 5.11 Å². The molecule has 0 aliphatic rings. The maximum atomic E-state index is 9.33. The Labute approximate surface area is 92.3 Å². The molecule has 0 aliphatic heterocycles. The molecular weight excluding hydrogens is 186 g/mol. The highest BCUT2D eigenvalue weighted by Crippen LogP contribution is 2.14. The van der Waals surface area contributed by atoms with Gasteiger partial charge in [-0.25, -0.2) is 0 Å². The Morgan fingerprint density at radius 1 is 1.27 bits per heavy atom. The van der Waals surface area contributed by atoms with E-state index >= 15 is 0 Å². The monoisotopic (exact) mass is 207 g/mol. The van der Waals surface area contributed by atoms with E-state index in [-0.39, 0.29) is 0 Å². The zero-order valence-corrected chi connectivity index (χ0v) is 9.83. The summed E-state index contributed by atoms with van der Waals surface area (Å²) in [4.78, 5) is 0. The third-order valence-electron chi connectivity index (χ3n) is 2.37. The van der Waals surface area contributed by atoms with Gasteiger partial charge in [-0.3, -0.25) is 0 Å². The van der Waals surface area contributed by atoms with Gasteiger partial charge in [0.05, 0.1) is 0 Å². The van der Waals surface area contributed by atoms with Gasteiger partial charge in [0.25, 0.3) is 0 Å². The van der Waals surface area contributed by atoms with Crippen LogP contribution in [0.2, 0.25) is 0 Å². The lowest BCUT2D eigenvalue weighted by molar-refractivity contribution is 0.465. The lowest BCUT2D eigenvalue weighted by Crippen LogP contribution is -2.28. The maximum absolute atomic E-state index is 9.33. The Morgan fingerprint density at radius 2 is 2.00 bits per heavy atom. The highest BCUT2D eigenvalue weighted by atomic mass is 16.3. The summed E-state index contributed by atoms with van der Waals surface area (Å²) >= 11 is 0. The molecule has 1 atom stereocenters. The number of aromatic hydroxyl groups is 1. The van der Waals surface area contributed by atoms with Crippen molar-refractivity contribution in [3.05, 3.63) is 29.8 Å². The summed E-state index contributed by atoms with van der Waals surface area (Å²) in [6, 6.07) is 8.04. The van der Waals surface area contributed by atoms with Gasteiger partial charge in [-0.2, -0.15) is 0 Å². The van der Waals surface area contributed by atoms with Gasteiger partial charge in [0, 0.05) is 6.04 Å². The number of hydrogen-bond acceptors (Lipinski definition) is 2. The average Bonchev–Trinajstić information content (AvgIpc) is 2.15. The second-order valence-electron chi connectivity index (χ2n) is 4.54. The van der Waals surface area contributed by atoms with Crippen molar-refractivity contribution in [1.29, 1.82) is 0 Å². The first-order valence-electron chi connectivity index (χ1n) is 5.59. The van der Waals surface area contributed by atoms with Crippen molar-refractivity contribution in [2.45, 2.75) is 33.2 Å². The minimum atomic E-state index is 0.358. The summed E-state index contributed by atoms with van der Waals surface area (Å²) in [5, 5.41) is 12.7. The highest BCUT2D eigenvalue weighted by molar-refractivity contribution is 5.27. The fourth-order valence-electron chi connectivity index (χ4n) is 1.59. The van der Waals surface area contributed by atoms with Crippen molar-refractivity contribution in [1.82, 2.24) is 5.32 Å². The average molecular weight is 207 g/mol. The summed E-state index contributed by atoms with van der Waals surface area (Å²) in [6.45, 7) is 7.55. The van der Waals surface area contributed by atoms with Crippen LogP contribution in [0.5, 0.6) is 5.75 Å². The number of rotatable bonds is 5. The Bertz CT molecular complexity index is 296. The zero-order chi connectivity index (χ0) is 11.3. The van der Waals surface area contributed by atoms with Gasteiger partial charge in [0.15, 0.2) is 0 Å². The van der Waals surface area contributed by atoms with Crippen LogP contribution in [0, 0.1) is 5.92 Å². The van der Waals surface area contributed by atoms with E-state index in [4.69, 9.17) is 0 Å². The third kappa shape index (κ3) is 4.84. The Hall–Kier alpha value is -1.02. The molecule has 0 aliphatic carbocycles. The minimum Gasteiger partial charge on any atom is -0.508 e. The second kappa shape index (κ2) is 5.76. The highest BCUT2D eigenvalue weighted by Gasteiger charge is 2.04. The molecule has 0 aromatic heterocycles. The molecule has 2 N–H and O–H groups in total. The Kier molecular flexibility index (Phi) is 4.63. The molecule has 0 heterocycles. The number of benzene rings is 1. The predicted molar refractivity (Wildman–Crippen MR) is 64.1 cm³/mol. The molecule has 1 aromatic rings. The largest absolute Gasteiger partial charge is 0.508 e. The van der Waals surface area contributed by atoms with Crippen LogP contribution in [0.15, 0.2) is 24.3 Å². The quantitative estimate of drug-likeness (QED) is 0.777. The van der Waals surface area contributed by atoms with Crippen molar-refractivity contribution in [2.24, 2.45) is 5.92 Å². The van der Waals surface area contributed by atoms with Crippen LogP contribution in [-0.2, 0) is 6.42 Å². The van der Waals surface area contributed by atoms with Gasteiger partial charge in [-0.15, -0.1) is 0 Å². The molecule has 15 heavy (non-hydrogen) atoms. The van der Waals surface area contributed by atoms with Crippen LogP contribution in [0.3, 0.4) is 0 Å². The summed E-state index contributed by atoms with van der Waals surface area (Å²) in [5.41, 5.74) is 1.20. The molecule has 1 rings (SSSR count). The van der Waals surface area contributed by atoms with Crippen LogP contribution in [0.4, 0.5) is 0 Å². The molecule has 0 saturated carbocycles. The summed E-state index contributed by atoms with van der Waals surface area (Å²) in [6.07, 6.45) is 1.01.